The first kappa shape index (κ1) is 3.94. The summed E-state index contributed by atoms with van der Waals surface area (Å²) in [7, 11) is 0. The average Bonchev–Trinajstić information content (AvgIpc) is 2.23. The third kappa shape index (κ3) is 0.568. The minimum Gasteiger partial charge on any atom is -0.0622 e. The Morgan fingerprint density at radius 1 is 1.29 bits per heavy atom. The Balaban J connectivity index is 1.88. The molecule has 2 aliphatic rings. The van der Waals surface area contributed by atoms with E-state index in [-0.39, 0.29) is 0 Å². The Kier molecular flexibility index (Phi) is 0.586. The summed E-state index contributed by atoms with van der Waals surface area (Å²) >= 11 is 0. The van der Waals surface area contributed by atoms with Gasteiger partial charge in [0.1, 0.15) is 0 Å². The van der Waals surface area contributed by atoms with E-state index in [9.17, 15) is 0 Å². The third-order valence-corrected chi connectivity index (χ3v) is 2.40. The molecule has 0 heteroatoms. The second-order valence-corrected chi connectivity index (χ2v) is 3.21. The SMILES string of the molecule is C[C@H]1CC1C1CC1. The van der Waals surface area contributed by atoms with E-state index in [1.165, 1.54) is 11.8 Å². The van der Waals surface area contributed by atoms with E-state index in [0.29, 0.717) is 0 Å². The van der Waals surface area contributed by atoms with Crippen LogP contribution in [-0.2, 0) is 0 Å². The van der Waals surface area contributed by atoms with Gasteiger partial charge in [0.05, 0.1) is 0 Å². The molecule has 2 atom stereocenters. The lowest BCUT2D eigenvalue weighted by molar-refractivity contribution is 0.658. The van der Waals surface area contributed by atoms with Gasteiger partial charge < -0.3 is 0 Å². The van der Waals surface area contributed by atoms with Crippen molar-refractivity contribution in [3.63, 3.8) is 0 Å². The Morgan fingerprint density at radius 2 is 1.86 bits per heavy atom. The second-order valence-electron chi connectivity index (χ2n) is 3.21. The van der Waals surface area contributed by atoms with Crippen LogP contribution in [0.4, 0.5) is 0 Å². The minimum atomic E-state index is 1.10. The molecule has 0 aromatic rings. The van der Waals surface area contributed by atoms with Gasteiger partial charge in [-0.1, -0.05) is 6.92 Å². The van der Waals surface area contributed by atoms with Crippen molar-refractivity contribution in [3.8, 4) is 0 Å². The van der Waals surface area contributed by atoms with Crippen molar-refractivity contribution < 1.29 is 0 Å². The lowest BCUT2D eigenvalue weighted by Crippen LogP contribution is -1.77. The fourth-order valence-electron chi connectivity index (χ4n) is 1.53. The van der Waals surface area contributed by atoms with Crippen LogP contribution in [0.2, 0.25) is 0 Å². The predicted molar refractivity (Wildman–Crippen MR) is 30.0 cm³/mol. The highest BCUT2D eigenvalue weighted by Gasteiger charge is 2.44. The molecule has 2 aliphatic carbocycles. The van der Waals surface area contributed by atoms with E-state index < -0.39 is 0 Å². The summed E-state index contributed by atoms with van der Waals surface area (Å²) in [5, 5.41) is 0. The standard InChI is InChI=1S/C7H12/c1-5-4-7(5)6-2-3-6/h5-7H,2-4H2,1H3/t5-,7?/m0/s1. The molecule has 0 bridgehead atoms. The van der Waals surface area contributed by atoms with Crippen molar-refractivity contribution in [3.05, 3.63) is 0 Å². The van der Waals surface area contributed by atoms with Crippen LogP contribution in [-0.4, -0.2) is 0 Å². The predicted octanol–water partition coefficient (Wildman–Crippen LogP) is 2.05. The van der Waals surface area contributed by atoms with Crippen molar-refractivity contribution in [2.45, 2.75) is 26.2 Å². The normalized spacial score (nSPS) is 49.3. The molecule has 0 N–H and O–H groups in total. The van der Waals surface area contributed by atoms with Gasteiger partial charge in [0.15, 0.2) is 0 Å². The van der Waals surface area contributed by atoms with Gasteiger partial charge >= 0.3 is 0 Å². The molecule has 0 aromatic heterocycles. The van der Waals surface area contributed by atoms with E-state index in [1.807, 2.05) is 0 Å². The summed E-state index contributed by atoms with van der Waals surface area (Å²) in [6, 6.07) is 0. The van der Waals surface area contributed by atoms with Crippen LogP contribution in [0.25, 0.3) is 0 Å². The van der Waals surface area contributed by atoms with Crippen LogP contribution in [0.3, 0.4) is 0 Å². The van der Waals surface area contributed by atoms with Gasteiger partial charge in [-0.15, -0.1) is 0 Å². The highest BCUT2D eigenvalue weighted by molar-refractivity contribution is 4.94. The summed E-state index contributed by atoms with van der Waals surface area (Å²) in [6.45, 7) is 2.38. The maximum atomic E-state index is 2.38. The minimum absolute atomic E-state index is 1.10. The largest absolute Gasteiger partial charge is 0.0622 e. The molecule has 0 aromatic carbocycles. The maximum absolute atomic E-state index is 2.38. The van der Waals surface area contributed by atoms with Gasteiger partial charge in [0.25, 0.3) is 0 Å². The number of hydrogen-bond acceptors (Lipinski definition) is 0. The average molecular weight is 96.2 g/mol. The summed E-state index contributed by atoms with van der Waals surface area (Å²) in [5.41, 5.74) is 0. The Bertz CT molecular complexity index is 82.0. The molecule has 40 valence electrons. The monoisotopic (exact) mass is 96.1 g/mol. The smallest absolute Gasteiger partial charge is 0.0357 e. The Labute approximate surface area is 44.9 Å². The first-order chi connectivity index (χ1) is 3.38. The van der Waals surface area contributed by atoms with Gasteiger partial charge in [-0.2, -0.15) is 0 Å². The first-order valence-electron chi connectivity index (χ1n) is 3.38. The van der Waals surface area contributed by atoms with E-state index in [0.717, 1.165) is 5.92 Å². The lowest BCUT2D eigenvalue weighted by atomic mass is 10.2. The van der Waals surface area contributed by atoms with Gasteiger partial charge in [-0.05, 0) is 37.0 Å². The molecule has 0 nitrogen and oxygen atoms in total. The van der Waals surface area contributed by atoms with Gasteiger partial charge in [-0.3, -0.25) is 0 Å². The zero-order chi connectivity index (χ0) is 4.85. The topological polar surface area (TPSA) is 0 Å². The summed E-state index contributed by atoms with van der Waals surface area (Å²) in [5.74, 6) is 3.47. The van der Waals surface area contributed by atoms with Crippen LogP contribution in [0, 0.1) is 17.8 Å². The molecule has 7 heavy (non-hydrogen) atoms. The molecule has 0 saturated heterocycles. The molecule has 2 fully saturated rings. The molecule has 0 heterocycles. The third-order valence-electron chi connectivity index (χ3n) is 2.40. The highest BCUT2D eigenvalue weighted by Crippen LogP contribution is 2.53. The van der Waals surface area contributed by atoms with Crippen LogP contribution >= 0.6 is 0 Å². The quantitative estimate of drug-likeness (QED) is 0.468. The molecule has 2 saturated carbocycles. The van der Waals surface area contributed by atoms with Crippen molar-refractivity contribution in [2.75, 3.05) is 0 Å². The lowest BCUT2D eigenvalue weighted by Gasteiger charge is -1.83. The van der Waals surface area contributed by atoms with E-state index in [1.54, 1.807) is 19.3 Å². The highest BCUT2D eigenvalue weighted by atomic mass is 14.5. The number of hydrogen-bond donors (Lipinski definition) is 0. The molecule has 0 spiro atoms. The molecule has 1 unspecified atom stereocenters. The summed E-state index contributed by atoms with van der Waals surface area (Å²) in [6.07, 6.45) is 4.65. The van der Waals surface area contributed by atoms with Crippen molar-refractivity contribution in [2.24, 2.45) is 17.8 Å². The van der Waals surface area contributed by atoms with E-state index in [2.05, 4.69) is 6.92 Å². The molecule has 0 radical (unpaired) electrons. The van der Waals surface area contributed by atoms with E-state index in [4.69, 9.17) is 0 Å². The fraction of sp³-hybridized carbons (Fsp3) is 1.00. The van der Waals surface area contributed by atoms with Crippen LogP contribution in [0.1, 0.15) is 26.2 Å². The fourth-order valence-corrected chi connectivity index (χ4v) is 1.53. The van der Waals surface area contributed by atoms with Gasteiger partial charge in [-0.25, -0.2) is 0 Å². The van der Waals surface area contributed by atoms with Crippen LogP contribution in [0.5, 0.6) is 0 Å². The Hall–Kier alpha value is 0. The van der Waals surface area contributed by atoms with Gasteiger partial charge in [0.2, 0.25) is 0 Å². The van der Waals surface area contributed by atoms with Crippen LogP contribution in [0.15, 0.2) is 0 Å². The van der Waals surface area contributed by atoms with Crippen molar-refractivity contribution in [1.29, 1.82) is 0 Å². The summed E-state index contributed by atoms with van der Waals surface area (Å²) < 4.78 is 0. The molecular formula is C7H12. The zero-order valence-corrected chi connectivity index (χ0v) is 4.85. The second kappa shape index (κ2) is 1.04. The Morgan fingerprint density at radius 3 is 2.00 bits per heavy atom. The summed E-state index contributed by atoms with van der Waals surface area (Å²) in [4.78, 5) is 0. The van der Waals surface area contributed by atoms with Gasteiger partial charge in [0, 0.05) is 0 Å². The molecule has 0 aliphatic heterocycles. The van der Waals surface area contributed by atoms with E-state index >= 15 is 0 Å². The van der Waals surface area contributed by atoms with Crippen molar-refractivity contribution in [1.82, 2.24) is 0 Å². The zero-order valence-electron chi connectivity index (χ0n) is 4.85. The van der Waals surface area contributed by atoms with Crippen molar-refractivity contribution >= 4 is 0 Å². The molecular weight excluding hydrogens is 84.1 g/mol. The first-order valence-corrected chi connectivity index (χ1v) is 3.38. The van der Waals surface area contributed by atoms with Crippen LogP contribution < -0.4 is 0 Å². The molecule has 0 amide bonds. The molecule has 2 rings (SSSR count). The number of rotatable bonds is 1. The maximum Gasteiger partial charge on any atom is -0.0357 e.